The fourth-order valence-corrected chi connectivity index (χ4v) is 0.865. The second-order valence-corrected chi connectivity index (χ2v) is 3.46. The van der Waals surface area contributed by atoms with Gasteiger partial charge >= 0.3 is 18.0 Å². The van der Waals surface area contributed by atoms with E-state index in [2.05, 4.69) is 11.3 Å². The number of carboxylic acid groups (broad SMARTS) is 1. The van der Waals surface area contributed by atoms with Crippen LogP contribution in [-0.2, 0) is 19.1 Å². The minimum atomic E-state index is -1.78. The smallest absolute Gasteiger partial charge is 0.408 e. The van der Waals surface area contributed by atoms with E-state index in [4.69, 9.17) is 9.84 Å². The van der Waals surface area contributed by atoms with Gasteiger partial charge in [0.25, 0.3) is 0 Å². The summed E-state index contributed by atoms with van der Waals surface area (Å²) in [5.74, 6) is -2.55. The van der Waals surface area contributed by atoms with Crippen LogP contribution < -0.4 is 5.32 Å². The SMILES string of the molecule is C=CCOC(=O)NC(C(=O)O)C(=O)OC(C)CC. The third-order valence-electron chi connectivity index (χ3n) is 1.97. The van der Waals surface area contributed by atoms with Crippen molar-refractivity contribution >= 4 is 18.0 Å². The van der Waals surface area contributed by atoms with E-state index in [0.29, 0.717) is 6.42 Å². The number of hydrogen-bond acceptors (Lipinski definition) is 5. The summed E-state index contributed by atoms with van der Waals surface area (Å²) >= 11 is 0. The molecule has 0 rings (SSSR count). The van der Waals surface area contributed by atoms with Gasteiger partial charge in [-0.2, -0.15) is 0 Å². The molecule has 1 amide bonds. The molecule has 0 aromatic rings. The molecule has 0 radical (unpaired) electrons. The van der Waals surface area contributed by atoms with Gasteiger partial charge in [-0.1, -0.05) is 19.6 Å². The molecule has 0 aliphatic rings. The molecule has 0 aromatic carbocycles. The van der Waals surface area contributed by atoms with E-state index >= 15 is 0 Å². The Morgan fingerprint density at radius 3 is 2.50 bits per heavy atom. The van der Waals surface area contributed by atoms with Crippen molar-refractivity contribution in [3.63, 3.8) is 0 Å². The van der Waals surface area contributed by atoms with Crippen molar-refractivity contribution in [2.75, 3.05) is 6.61 Å². The Balaban J connectivity index is 4.47. The minimum Gasteiger partial charge on any atom is -0.479 e. The summed E-state index contributed by atoms with van der Waals surface area (Å²) in [5.41, 5.74) is 0. The van der Waals surface area contributed by atoms with Crippen molar-refractivity contribution in [3.05, 3.63) is 12.7 Å². The summed E-state index contributed by atoms with van der Waals surface area (Å²) in [6.45, 7) is 6.63. The minimum absolute atomic E-state index is 0.0847. The third-order valence-corrected chi connectivity index (χ3v) is 1.97. The molecule has 0 saturated carbocycles. The first-order chi connectivity index (χ1) is 8.42. The number of carbonyl (C=O) groups is 3. The zero-order chi connectivity index (χ0) is 14.1. The fourth-order valence-electron chi connectivity index (χ4n) is 0.865. The van der Waals surface area contributed by atoms with Crippen LogP contribution in [0.4, 0.5) is 4.79 Å². The predicted molar refractivity (Wildman–Crippen MR) is 61.9 cm³/mol. The standard InChI is InChI=1S/C11H17NO6/c1-4-6-17-11(16)12-8(9(13)14)10(15)18-7(3)5-2/h4,7-8H,1,5-6H2,2-3H3,(H,12,16)(H,13,14). The fraction of sp³-hybridized carbons (Fsp3) is 0.545. The van der Waals surface area contributed by atoms with Crippen LogP contribution in [0.1, 0.15) is 20.3 Å². The summed E-state index contributed by atoms with van der Waals surface area (Å²) in [6.07, 6.45) is 0.403. The number of nitrogens with one attached hydrogen (secondary N) is 1. The van der Waals surface area contributed by atoms with Crippen LogP contribution in [0.2, 0.25) is 0 Å². The van der Waals surface area contributed by atoms with E-state index in [1.165, 1.54) is 6.08 Å². The Morgan fingerprint density at radius 2 is 2.06 bits per heavy atom. The molecule has 0 aliphatic heterocycles. The van der Waals surface area contributed by atoms with E-state index in [1.54, 1.807) is 13.8 Å². The molecule has 102 valence electrons. The Hall–Kier alpha value is -2.05. The molecule has 0 aromatic heterocycles. The lowest BCUT2D eigenvalue weighted by molar-refractivity contribution is -0.158. The number of hydrogen-bond donors (Lipinski definition) is 2. The van der Waals surface area contributed by atoms with Crippen molar-refractivity contribution < 1.29 is 29.0 Å². The molecule has 0 heterocycles. The Morgan fingerprint density at radius 1 is 1.44 bits per heavy atom. The topological polar surface area (TPSA) is 102 Å². The number of carboxylic acids is 1. The van der Waals surface area contributed by atoms with Crippen molar-refractivity contribution in [1.82, 2.24) is 5.32 Å². The molecule has 0 aliphatic carbocycles. The van der Waals surface area contributed by atoms with Crippen LogP contribution in [0, 0.1) is 0 Å². The lowest BCUT2D eigenvalue weighted by Gasteiger charge is -2.16. The first kappa shape index (κ1) is 16.0. The largest absolute Gasteiger partial charge is 0.479 e. The molecule has 0 saturated heterocycles. The van der Waals surface area contributed by atoms with Crippen LogP contribution >= 0.6 is 0 Å². The highest BCUT2D eigenvalue weighted by atomic mass is 16.6. The lowest BCUT2D eigenvalue weighted by atomic mass is 10.3. The van der Waals surface area contributed by atoms with Crippen LogP contribution in [-0.4, -0.2) is 41.9 Å². The highest BCUT2D eigenvalue weighted by molar-refractivity contribution is 6.00. The van der Waals surface area contributed by atoms with E-state index in [0.717, 1.165) is 0 Å². The Labute approximate surface area is 105 Å². The molecule has 0 spiro atoms. The average molecular weight is 259 g/mol. The monoisotopic (exact) mass is 259 g/mol. The van der Waals surface area contributed by atoms with E-state index in [1.807, 2.05) is 5.32 Å². The maximum atomic E-state index is 11.5. The molecular formula is C11H17NO6. The van der Waals surface area contributed by atoms with Gasteiger partial charge in [0.2, 0.25) is 6.04 Å². The average Bonchev–Trinajstić information content (AvgIpc) is 2.32. The number of ether oxygens (including phenoxy) is 2. The summed E-state index contributed by atoms with van der Waals surface area (Å²) < 4.78 is 9.33. The maximum absolute atomic E-state index is 11.5. The molecule has 2 unspecified atom stereocenters. The van der Waals surface area contributed by atoms with Gasteiger partial charge in [-0.3, -0.25) is 5.32 Å². The predicted octanol–water partition coefficient (Wildman–Crippen LogP) is 0.693. The van der Waals surface area contributed by atoms with Crippen molar-refractivity contribution in [1.29, 1.82) is 0 Å². The van der Waals surface area contributed by atoms with Gasteiger partial charge in [0, 0.05) is 0 Å². The van der Waals surface area contributed by atoms with Gasteiger partial charge in [-0.25, -0.2) is 14.4 Å². The summed E-state index contributed by atoms with van der Waals surface area (Å²) in [5, 5.41) is 10.7. The number of amides is 1. The summed E-state index contributed by atoms with van der Waals surface area (Å²) in [7, 11) is 0. The van der Waals surface area contributed by atoms with Gasteiger partial charge in [-0.15, -0.1) is 0 Å². The maximum Gasteiger partial charge on any atom is 0.408 e. The Kier molecular flexibility index (Phi) is 7.18. The van der Waals surface area contributed by atoms with Crippen molar-refractivity contribution in [3.8, 4) is 0 Å². The zero-order valence-electron chi connectivity index (χ0n) is 10.3. The molecular weight excluding hydrogens is 242 g/mol. The number of alkyl carbamates (subject to hydrolysis) is 1. The van der Waals surface area contributed by atoms with Crippen LogP contribution in [0.3, 0.4) is 0 Å². The van der Waals surface area contributed by atoms with E-state index in [-0.39, 0.29) is 6.61 Å². The normalized spacial score (nSPS) is 13.0. The Bertz CT molecular complexity index is 327. The van der Waals surface area contributed by atoms with Crippen molar-refractivity contribution in [2.45, 2.75) is 32.4 Å². The van der Waals surface area contributed by atoms with Gasteiger partial charge in [0.1, 0.15) is 6.61 Å². The van der Waals surface area contributed by atoms with E-state index in [9.17, 15) is 14.4 Å². The van der Waals surface area contributed by atoms with Crippen LogP contribution in [0.25, 0.3) is 0 Å². The molecule has 0 fully saturated rings. The molecule has 7 nitrogen and oxygen atoms in total. The van der Waals surface area contributed by atoms with Crippen molar-refractivity contribution in [2.24, 2.45) is 0 Å². The van der Waals surface area contributed by atoms with E-state index < -0.39 is 30.2 Å². The van der Waals surface area contributed by atoms with Crippen LogP contribution in [0.15, 0.2) is 12.7 Å². The summed E-state index contributed by atoms with van der Waals surface area (Å²) in [4.78, 5) is 33.4. The molecule has 0 bridgehead atoms. The summed E-state index contributed by atoms with van der Waals surface area (Å²) in [6, 6.07) is -1.78. The lowest BCUT2D eigenvalue weighted by Crippen LogP contribution is -2.48. The second-order valence-electron chi connectivity index (χ2n) is 3.46. The quantitative estimate of drug-likeness (QED) is 0.396. The molecule has 2 atom stereocenters. The molecule has 7 heteroatoms. The number of rotatable bonds is 7. The van der Waals surface area contributed by atoms with Crippen LogP contribution in [0.5, 0.6) is 0 Å². The highest BCUT2D eigenvalue weighted by Gasteiger charge is 2.31. The zero-order valence-corrected chi connectivity index (χ0v) is 10.3. The van der Waals surface area contributed by atoms with Gasteiger partial charge in [0.05, 0.1) is 6.10 Å². The second kappa shape index (κ2) is 8.10. The first-order valence-electron chi connectivity index (χ1n) is 5.39. The number of esters is 1. The van der Waals surface area contributed by atoms with Gasteiger partial charge < -0.3 is 14.6 Å². The number of aliphatic carboxylic acids is 1. The van der Waals surface area contributed by atoms with Gasteiger partial charge in [-0.05, 0) is 13.3 Å². The highest BCUT2D eigenvalue weighted by Crippen LogP contribution is 2.00. The molecule has 18 heavy (non-hydrogen) atoms. The first-order valence-corrected chi connectivity index (χ1v) is 5.39. The molecule has 2 N–H and O–H groups in total. The van der Waals surface area contributed by atoms with Gasteiger partial charge in [0.15, 0.2) is 0 Å². The number of carbonyl (C=O) groups excluding carboxylic acids is 2. The third kappa shape index (κ3) is 5.88.